The van der Waals surface area contributed by atoms with Gasteiger partial charge >= 0.3 is 0 Å². The summed E-state index contributed by atoms with van der Waals surface area (Å²) < 4.78 is 0. The summed E-state index contributed by atoms with van der Waals surface area (Å²) in [7, 11) is 0. The molecule has 0 N–H and O–H groups in total. The molecule has 1 aromatic rings. The smallest absolute Gasteiger partial charge is 0.0965 e. The van der Waals surface area contributed by atoms with Gasteiger partial charge in [0.1, 0.15) is 0 Å². The summed E-state index contributed by atoms with van der Waals surface area (Å²) in [5.74, 6) is 1.14. The molecule has 2 heteroatoms. The highest BCUT2D eigenvalue weighted by Crippen LogP contribution is 2.37. The zero-order valence-corrected chi connectivity index (χ0v) is 28.9. The molecular formula is C41H71N2+. The predicted molar refractivity (Wildman–Crippen MR) is 193 cm³/mol. The Balaban J connectivity index is 1.65. The highest BCUT2D eigenvalue weighted by Gasteiger charge is 2.35. The molecule has 0 saturated carbocycles. The molecular weight excluding hydrogens is 520 g/mol. The Morgan fingerprint density at radius 3 is 1.26 bits per heavy atom. The van der Waals surface area contributed by atoms with Gasteiger partial charge in [-0.1, -0.05) is 215 Å². The summed E-state index contributed by atoms with van der Waals surface area (Å²) in [5, 5.41) is 0. The maximum absolute atomic E-state index is 4.75. The Morgan fingerprint density at radius 1 is 0.465 bits per heavy atom. The number of aliphatic imine (C=N–C) groups is 2. The highest BCUT2D eigenvalue weighted by atomic mass is 15.0. The van der Waals surface area contributed by atoms with E-state index in [1.807, 2.05) is 12.4 Å². The lowest BCUT2D eigenvalue weighted by Crippen LogP contribution is -2.22. The van der Waals surface area contributed by atoms with Crippen molar-refractivity contribution in [3.63, 3.8) is 0 Å². The van der Waals surface area contributed by atoms with Gasteiger partial charge in [-0.15, -0.1) is 0 Å². The van der Waals surface area contributed by atoms with E-state index in [1.165, 1.54) is 179 Å². The molecule has 2 nitrogen and oxygen atoms in total. The van der Waals surface area contributed by atoms with Gasteiger partial charge in [0, 0.05) is 0 Å². The summed E-state index contributed by atoms with van der Waals surface area (Å²) in [4.78, 5) is 9.50. The van der Waals surface area contributed by atoms with Crippen LogP contribution in [0.3, 0.4) is 0 Å². The number of nitrogens with zero attached hydrogens (tertiary/aromatic N) is 2. The molecule has 0 saturated heterocycles. The summed E-state index contributed by atoms with van der Waals surface area (Å²) in [6.07, 6.45) is 44.1. The van der Waals surface area contributed by atoms with Crippen molar-refractivity contribution >= 4 is 12.4 Å². The highest BCUT2D eigenvalue weighted by molar-refractivity contribution is 6.18. The lowest BCUT2D eigenvalue weighted by molar-refractivity contribution is 0.284. The molecule has 0 fully saturated rings. The van der Waals surface area contributed by atoms with Crippen LogP contribution >= 0.6 is 0 Å². The lowest BCUT2D eigenvalue weighted by Gasteiger charge is -2.26. The van der Waals surface area contributed by atoms with Gasteiger partial charge < -0.3 is 0 Å². The Labute approximate surface area is 269 Å². The standard InChI is InChI=1S/C41H71N2/c1-3-5-7-9-11-13-14-15-16-17-18-19-21-22-24-29-33-39(37-38-31-27-26-28-32-38)40(41-42-35-36-43-41)34-30-25-23-20-12-10-8-6-4-2/h26-28,31-32,35-36,39-40H,3-25,29-30,33-34,37H2,1-2H3/q+1. The summed E-state index contributed by atoms with van der Waals surface area (Å²) in [6, 6.07) is 11.2. The molecule has 244 valence electrons. The Kier molecular flexibility index (Phi) is 24.4. The van der Waals surface area contributed by atoms with Gasteiger partial charge in [0.2, 0.25) is 6.17 Å². The normalized spacial score (nSPS) is 14.1. The van der Waals surface area contributed by atoms with E-state index in [0.717, 1.165) is 12.6 Å². The van der Waals surface area contributed by atoms with Gasteiger partial charge in [-0.2, -0.15) is 0 Å². The minimum Gasteiger partial charge on any atom is -0.0965 e. The maximum atomic E-state index is 4.75. The van der Waals surface area contributed by atoms with E-state index in [-0.39, 0.29) is 0 Å². The van der Waals surface area contributed by atoms with Crippen molar-refractivity contribution in [3.05, 3.63) is 42.1 Å². The van der Waals surface area contributed by atoms with Crippen molar-refractivity contribution in [2.24, 2.45) is 21.8 Å². The van der Waals surface area contributed by atoms with Crippen LogP contribution in [0.15, 0.2) is 40.3 Å². The molecule has 43 heavy (non-hydrogen) atoms. The van der Waals surface area contributed by atoms with Crippen molar-refractivity contribution < 1.29 is 0 Å². The molecule has 2 unspecified atom stereocenters. The van der Waals surface area contributed by atoms with Crippen LogP contribution in [0.4, 0.5) is 0 Å². The minimum absolute atomic E-state index is 0.496. The van der Waals surface area contributed by atoms with Crippen LogP contribution in [0.1, 0.15) is 193 Å². The number of benzene rings is 1. The van der Waals surface area contributed by atoms with Crippen LogP contribution in [-0.2, 0) is 6.42 Å². The first-order valence-corrected chi connectivity index (χ1v) is 19.3. The molecule has 0 bridgehead atoms. The largest absolute Gasteiger partial charge is 0.244 e. The van der Waals surface area contributed by atoms with Crippen molar-refractivity contribution in [1.29, 1.82) is 0 Å². The fourth-order valence-electron chi connectivity index (χ4n) is 7.01. The van der Waals surface area contributed by atoms with Crippen molar-refractivity contribution in [2.45, 2.75) is 194 Å². The third-order valence-electron chi connectivity index (χ3n) is 9.77. The first-order valence-electron chi connectivity index (χ1n) is 19.3. The van der Waals surface area contributed by atoms with E-state index >= 15 is 0 Å². The molecule has 0 aromatic heterocycles. The van der Waals surface area contributed by atoms with Crippen LogP contribution in [0.25, 0.3) is 0 Å². The van der Waals surface area contributed by atoms with Crippen LogP contribution < -0.4 is 0 Å². The van der Waals surface area contributed by atoms with Gasteiger partial charge in [-0.05, 0) is 30.7 Å². The fraction of sp³-hybridized carbons (Fsp3) is 0.780. The molecule has 0 aliphatic carbocycles. The average molecular weight is 592 g/mol. The molecule has 2 atom stereocenters. The number of hydrogen-bond donors (Lipinski definition) is 0. The second-order valence-corrected chi connectivity index (χ2v) is 13.7. The zero-order valence-electron chi connectivity index (χ0n) is 28.9. The fourth-order valence-corrected chi connectivity index (χ4v) is 7.01. The minimum atomic E-state index is 0.496. The van der Waals surface area contributed by atoms with E-state index in [4.69, 9.17) is 9.98 Å². The third-order valence-corrected chi connectivity index (χ3v) is 9.77. The molecule has 1 aliphatic rings. The average Bonchev–Trinajstić information content (AvgIpc) is 3.57. The van der Waals surface area contributed by atoms with Crippen molar-refractivity contribution in [2.75, 3.05) is 0 Å². The van der Waals surface area contributed by atoms with Crippen molar-refractivity contribution in [3.8, 4) is 0 Å². The van der Waals surface area contributed by atoms with E-state index in [1.54, 1.807) is 0 Å². The SMILES string of the molecule is CCCCCCCCCCCCCCCCCCC(Cc1ccccc1)C(CCCCCCCCCCC)[C+]1N=CC=N1. The molecule has 2 rings (SSSR count). The predicted octanol–water partition coefficient (Wildman–Crippen LogP) is 13.7. The molecule has 0 spiro atoms. The number of rotatable bonds is 31. The van der Waals surface area contributed by atoms with Gasteiger partial charge in [-0.25, -0.2) is 0 Å². The van der Waals surface area contributed by atoms with E-state index in [2.05, 4.69) is 44.2 Å². The lowest BCUT2D eigenvalue weighted by atomic mass is 9.78. The van der Waals surface area contributed by atoms with Gasteiger partial charge in [0.15, 0.2) is 12.4 Å². The van der Waals surface area contributed by atoms with Crippen LogP contribution in [-0.4, -0.2) is 12.4 Å². The molecule has 1 heterocycles. The second kappa shape index (κ2) is 27.9. The Morgan fingerprint density at radius 2 is 0.837 bits per heavy atom. The quantitative estimate of drug-likeness (QED) is 0.0606. The van der Waals surface area contributed by atoms with Gasteiger partial charge in [-0.3, -0.25) is 0 Å². The monoisotopic (exact) mass is 592 g/mol. The molecule has 0 amide bonds. The van der Waals surface area contributed by atoms with E-state index in [9.17, 15) is 0 Å². The van der Waals surface area contributed by atoms with Gasteiger partial charge in [0.05, 0.1) is 5.92 Å². The number of unbranched alkanes of at least 4 members (excludes halogenated alkanes) is 23. The maximum Gasteiger partial charge on any atom is 0.244 e. The molecule has 1 aromatic carbocycles. The Hall–Kier alpha value is -1.57. The van der Waals surface area contributed by atoms with Crippen LogP contribution in [0.5, 0.6) is 0 Å². The third kappa shape index (κ3) is 20.2. The molecule has 1 aliphatic heterocycles. The Bertz CT molecular complexity index is 757. The number of hydrogen-bond acceptors (Lipinski definition) is 2. The molecule has 0 radical (unpaired) electrons. The first kappa shape index (κ1) is 37.6. The first-order chi connectivity index (χ1) is 21.3. The zero-order chi connectivity index (χ0) is 30.5. The van der Waals surface area contributed by atoms with E-state index in [0.29, 0.717) is 11.8 Å². The van der Waals surface area contributed by atoms with Crippen molar-refractivity contribution in [1.82, 2.24) is 0 Å². The van der Waals surface area contributed by atoms with Crippen LogP contribution in [0, 0.1) is 18.0 Å². The summed E-state index contributed by atoms with van der Waals surface area (Å²) >= 11 is 0. The summed E-state index contributed by atoms with van der Waals surface area (Å²) in [5.41, 5.74) is 1.48. The summed E-state index contributed by atoms with van der Waals surface area (Å²) in [6.45, 7) is 4.61. The van der Waals surface area contributed by atoms with Gasteiger partial charge in [0.25, 0.3) is 0 Å². The van der Waals surface area contributed by atoms with Crippen LogP contribution in [0.2, 0.25) is 0 Å². The second-order valence-electron chi connectivity index (χ2n) is 13.7. The van der Waals surface area contributed by atoms with E-state index < -0.39 is 0 Å². The topological polar surface area (TPSA) is 24.7 Å².